The Balaban J connectivity index is 2.08. The van der Waals surface area contributed by atoms with E-state index in [1.165, 1.54) is 37.6 Å². The van der Waals surface area contributed by atoms with Crippen LogP contribution >= 0.6 is 11.6 Å². The molecule has 1 aromatic heterocycles. The van der Waals surface area contributed by atoms with Gasteiger partial charge in [0.2, 0.25) is 9.84 Å². The van der Waals surface area contributed by atoms with Crippen LogP contribution in [0.3, 0.4) is 0 Å². The summed E-state index contributed by atoms with van der Waals surface area (Å²) < 4.78 is 46.5. The highest BCUT2D eigenvalue weighted by Gasteiger charge is 2.25. The average Bonchev–Trinajstić information content (AvgIpc) is 2.73. The summed E-state index contributed by atoms with van der Waals surface area (Å²) in [7, 11) is -2.51. The number of rotatable bonds is 4. The van der Waals surface area contributed by atoms with Crippen molar-refractivity contribution in [1.82, 2.24) is 4.98 Å². The predicted octanol–water partition coefficient (Wildman–Crippen LogP) is 5.54. The summed E-state index contributed by atoms with van der Waals surface area (Å²) in [6, 6.07) is 17.4. The first-order chi connectivity index (χ1) is 13.9. The van der Waals surface area contributed by atoms with E-state index in [9.17, 15) is 12.8 Å². The minimum Gasteiger partial charge on any atom is -0.497 e. The van der Waals surface area contributed by atoms with E-state index in [0.29, 0.717) is 27.3 Å². The number of hydrogen-bond acceptors (Lipinski definition) is 4. The van der Waals surface area contributed by atoms with E-state index in [4.69, 9.17) is 16.3 Å². The quantitative estimate of drug-likeness (QED) is 0.429. The van der Waals surface area contributed by atoms with Crippen LogP contribution in [0.4, 0.5) is 4.39 Å². The molecule has 4 rings (SSSR count). The van der Waals surface area contributed by atoms with Crippen molar-refractivity contribution in [3.8, 4) is 16.9 Å². The van der Waals surface area contributed by atoms with Gasteiger partial charge >= 0.3 is 0 Å². The third-order valence-electron chi connectivity index (χ3n) is 4.57. The highest BCUT2D eigenvalue weighted by atomic mass is 35.5. The number of para-hydroxylation sites is 1. The van der Waals surface area contributed by atoms with E-state index >= 15 is 0 Å². The number of methoxy groups -OCH3 is 1. The minimum atomic E-state index is -3.98. The molecule has 1 heterocycles. The van der Waals surface area contributed by atoms with Gasteiger partial charge in [0.05, 0.1) is 16.9 Å². The highest BCUT2D eigenvalue weighted by Crippen LogP contribution is 2.38. The molecule has 4 nitrogen and oxygen atoms in total. The maximum Gasteiger partial charge on any atom is 0.208 e. The Labute approximate surface area is 172 Å². The lowest BCUT2D eigenvalue weighted by atomic mass is 10.0. The van der Waals surface area contributed by atoms with E-state index in [-0.39, 0.29) is 15.3 Å². The van der Waals surface area contributed by atoms with Crippen LogP contribution < -0.4 is 4.74 Å². The van der Waals surface area contributed by atoms with E-state index in [2.05, 4.69) is 4.98 Å². The molecule has 0 atom stereocenters. The number of nitrogens with zero attached hydrogens (tertiary/aromatic N) is 1. The molecule has 0 aliphatic heterocycles. The van der Waals surface area contributed by atoms with Crippen molar-refractivity contribution < 1.29 is 17.5 Å². The number of pyridine rings is 1. The highest BCUT2D eigenvalue weighted by molar-refractivity contribution is 7.91. The van der Waals surface area contributed by atoms with Gasteiger partial charge in [0, 0.05) is 22.2 Å². The molecule has 29 heavy (non-hydrogen) atoms. The van der Waals surface area contributed by atoms with Crippen molar-refractivity contribution in [3.05, 3.63) is 83.8 Å². The summed E-state index contributed by atoms with van der Waals surface area (Å²) in [6.07, 6.45) is 1.19. The number of ether oxygens (including phenoxy) is 1. The van der Waals surface area contributed by atoms with Crippen LogP contribution in [-0.2, 0) is 9.84 Å². The van der Waals surface area contributed by atoms with Gasteiger partial charge < -0.3 is 4.74 Å². The summed E-state index contributed by atoms with van der Waals surface area (Å²) in [6.45, 7) is 0. The molecule has 0 fully saturated rings. The molecule has 0 amide bonds. The molecule has 0 aliphatic rings. The number of halogens is 2. The molecule has 7 heteroatoms. The molecule has 0 unspecified atom stereocenters. The third-order valence-corrected chi connectivity index (χ3v) is 6.57. The van der Waals surface area contributed by atoms with Crippen LogP contribution in [0.5, 0.6) is 5.75 Å². The van der Waals surface area contributed by atoms with Crippen LogP contribution in [0.1, 0.15) is 0 Å². The Morgan fingerprint density at radius 2 is 1.76 bits per heavy atom. The van der Waals surface area contributed by atoms with Crippen LogP contribution in [0.2, 0.25) is 5.02 Å². The van der Waals surface area contributed by atoms with Crippen molar-refractivity contribution in [3.63, 3.8) is 0 Å². The Hall–Kier alpha value is -2.96. The number of fused-ring (bicyclic) bond motifs is 1. The molecule has 0 aliphatic carbocycles. The minimum absolute atomic E-state index is 0.0360. The first-order valence-corrected chi connectivity index (χ1v) is 10.5. The number of benzene rings is 3. The molecule has 4 aromatic rings. The Bertz CT molecular complexity index is 1340. The maximum absolute atomic E-state index is 14.4. The molecule has 3 aromatic carbocycles. The lowest BCUT2D eigenvalue weighted by Crippen LogP contribution is -2.06. The number of hydrogen-bond donors (Lipinski definition) is 0. The van der Waals surface area contributed by atoms with Gasteiger partial charge in [-0.25, -0.2) is 12.8 Å². The fraction of sp³-hybridized carbons (Fsp3) is 0.0455. The zero-order chi connectivity index (χ0) is 20.6. The zero-order valence-electron chi connectivity index (χ0n) is 15.3. The molecule has 0 bridgehead atoms. The monoisotopic (exact) mass is 427 g/mol. The standard InChI is InChI=1S/C22H15ClFNO3S/c1-28-16-7-3-8-17(12-16)29(26,27)20-13-25-22-18(9-4-10-19(22)24)21(20)14-5-2-6-15(23)11-14/h2-13H,1H3. The SMILES string of the molecule is COc1cccc(S(=O)(=O)c2cnc3c(F)cccc3c2-c2cccc(Cl)c2)c1. The summed E-state index contributed by atoms with van der Waals surface area (Å²) in [5, 5.41) is 0.824. The molecular formula is C22H15ClFNO3S. The summed E-state index contributed by atoms with van der Waals surface area (Å²) in [4.78, 5) is 4.12. The van der Waals surface area contributed by atoms with E-state index in [1.54, 1.807) is 42.5 Å². The summed E-state index contributed by atoms with van der Waals surface area (Å²) in [5.41, 5.74) is 0.990. The fourth-order valence-corrected chi connectivity index (χ4v) is 4.87. The van der Waals surface area contributed by atoms with Gasteiger partial charge in [0.15, 0.2) is 0 Å². The molecule has 0 saturated heterocycles. The summed E-state index contributed by atoms with van der Waals surface area (Å²) in [5.74, 6) is -0.119. The van der Waals surface area contributed by atoms with Gasteiger partial charge in [-0.15, -0.1) is 0 Å². The van der Waals surface area contributed by atoms with Crippen LogP contribution in [0.25, 0.3) is 22.0 Å². The average molecular weight is 428 g/mol. The molecular weight excluding hydrogens is 413 g/mol. The zero-order valence-corrected chi connectivity index (χ0v) is 16.8. The second kappa shape index (κ2) is 7.46. The molecule has 146 valence electrons. The topological polar surface area (TPSA) is 56.3 Å². The lowest BCUT2D eigenvalue weighted by Gasteiger charge is -2.14. The summed E-state index contributed by atoms with van der Waals surface area (Å²) >= 11 is 6.14. The van der Waals surface area contributed by atoms with Gasteiger partial charge in [-0.1, -0.05) is 41.9 Å². The van der Waals surface area contributed by atoms with Crippen molar-refractivity contribution >= 4 is 32.3 Å². The van der Waals surface area contributed by atoms with E-state index in [0.717, 1.165) is 0 Å². The molecule has 0 saturated carbocycles. The lowest BCUT2D eigenvalue weighted by molar-refractivity contribution is 0.413. The van der Waals surface area contributed by atoms with Gasteiger partial charge in [0.1, 0.15) is 17.1 Å². The van der Waals surface area contributed by atoms with E-state index < -0.39 is 15.7 Å². The first-order valence-electron chi connectivity index (χ1n) is 8.64. The Kier molecular flexibility index (Phi) is 4.98. The second-order valence-electron chi connectivity index (χ2n) is 6.33. The van der Waals surface area contributed by atoms with Crippen molar-refractivity contribution in [2.75, 3.05) is 7.11 Å². The van der Waals surface area contributed by atoms with Crippen molar-refractivity contribution in [1.29, 1.82) is 0 Å². The van der Waals surface area contributed by atoms with Crippen LogP contribution in [-0.4, -0.2) is 20.5 Å². The van der Waals surface area contributed by atoms with Gasteiger partial charge in [-0.3, -0.25) is 4.98 Å². The van der Waals surface area contributed by atoms with Crippen molar-refractivity contribution in [2.45, 2.75) is 9.79 Å². The smallest absolute Gasteiger partial charge is 0.208 e. The number of aromatic nitrogens is 1. The largest absolute Gasteiger partial charge is 0.497 e. The van der Waals surface area contributed by atoms with Crippen molar-refractivity contribution in [2.24, 2.45) is 0 Å². The van der Waals surface area contributed by atoms with E-state index in [1.807, 2.05) is 0 Å². The Morgan fingerprint density at radius 1 is 1.00 bits per heavy atom. The fourth-order valence-electron chi connectivity index (χ4n) is 3.21. The van der Waals surface area contributed by atoms with Gasteiger partial charge in [-0.05, 0) is 42.0 Å². The van der Waals surface area contributed by atoms with Gasteiger partial charge in [0.25, 0.3) is 0 Å². The molecule has 0 spiro atoms. The third kappa shape index (κ3) is 3.45. The Morgan fingerprint density at radius 3 is 2.52 bits per heavy atom. The normalized spacial score (nSPS) is 11.6. The molecule has 0 N–H and O–H groups in total. The first kappa shape index (κ1) is 19.4. The van der Waals surface area contributed by atoms with Crippen LogP contribution in [0, 0.1) is 5.82 Å². The predicted molar refractivity (Wildman–Crippen MR) is 111 cm³/mol. The maximum atomic E-state index is 14.4. The second-order valence-corrected chi connectivity index (χ2v) is 8.68. The molecule has 0 radical (unpaired) electrons. The van der Waals surface area contributed by atoms with Gasteiger partial charge in [-0.2, -0.15) is 0 Å². The van der Waals surface area contributed by atoms with Crippen LogP contribution in [0.15, 0.2) is 82.7 Å². The number of sulfone groups is 1.